The monoisotopic (exact) mass is 381 g/mol. The third-order valence-electron chi connectivity index (χ3n) is 5.08. The average molecular weight is 381 g/mol. The molecule has 0 saturated carbocycles. The Hall–Kier alpha value is -3.91. The van der Waals surface area contributed by atoms with Crippen LogP contribution in [0.1, 0.15) is 37.4 Å². The molecule has 1 aliphatic heterocycles. The van der Waals surface area contributed by atoms with E-state index in [1.54, 1.807) is 48.5 Å². The average Bonchev–Trinajstić information content (AvgIpc) is 2.79. The molecule has 1 N–H and O–H groups in total. The Morgan fingerprint density at radius 1 is 0.862 bits per heavy atom. The zero-order chi connectivity index (χ0) is 20.2. The second-order valence-corrected chi connectivity index (χ2v) is 6.97. The molecular formula is C24H19N3O2. The Labute approximate surface area is 169 Å². The van der Waals surface area contributed by atoms with Crippen molar-refractivity contribution < 1.29 is 9.59 Å². The SMILES string of the molecule is N#Cc1ccc(NC(=O)c2ccc(C(=O)N3CCc4ccccc4C3)cc2)cc1. The van der Waals surface area contributed by atoms with E-state index in [4.69, 9.17) is 5.26 Å². The number of anilines is 1. The minimum Gasteiger partial charge on any atom is -0.334 e. The zero-order valence-corrected chi connectivity index (χ0v) is 15.8. The van der Waals surface area contributed by atoms with Crippen LogP contribution >= 0.6 is 0 Å². The van der Waals surface area contributed by atoms with Crippen LogP contribution in [0.5, 0.6) is 0 Å². The van der Waals surface area contributed by atoms with Crippen LogP contribution < -0.4 is 5.32 Å². The normalized spacial score (nSPS) is 12.6. The van der Waals surface area contributed by atoms with Crippen molar-refractivity contribution in [2.45, 2.75) is 13.0 Å². The minimum absolute atomic E-state index is 0.0291. The topological polar surface area (TPSA) is 73.2 Å². The molecule has 3 aromatic carbocycles. The van der Waals surface area contributed by atoms with Gasteiger partial charge in [0.25, 0.3) is 11.8 Å². The van der Waals surface area contributed by atoms with E-state index >= 15 is 0 Å². The second-order valence-electron chi connectivity index (χ2n) is 6.97. The first kappa shape index (κ1) is 18.5. The van der Waals surface area contributed by atoms with Gasteiger partial charge >= 0.3 is 0 Å². The summed E-state index contributed by atoms with van der Waals surface area (Å²) in [5, 5.41) is 11.6. The molecule has 0 radical (unpaired) electrons. The number of carbonyl (C=O) groups excluding carboxylic acids is 2. The van der Waals surface area contributed by atoms with Gasteiger partial charge in [-0.15, -0.1) is 0 Å². The van der Waals surface area contributed by atoms with Gasteiger partial charge in [0.1, 0.15) is 0 Å². The summed E-state index contributed by atoms with van der Waals surface area (Å²) in [6.07, 6.45) is 0.854. The van der Waals surface area contributed by atoms with E-state index in [1.165, 1.54) is 11.1 Å². The van der Waals surface area contributed by atoms with Crippen LogP contribution in [0.3, 0.4) is 0 Å². The molecule has 5 nitrogen and oxygen atoms in total. The maximum absolute atomic E-state index is 12.8. The summed E-state index contributed by atoms with van der Waals surface area (Å²) in [7, 11) is 0. The van der Waals surface area contributed by atoms with Crippen molar-refractivity contribution in [2.24, 2.45) is 0 Å². The summed E-state index contributed by atoms with van der Waals surface area (Å²) < 4.78 is 0. The second kappa shape index (κ2) is 7.99. The highest BCUT2D eigenvalue weighted by molar-refractivity contribution is 6.05. The predicted molar refractivity (Wildman–Crippen MR) is 110 cm³/mol. The summed E-state index contributed by atoms with van der Waals surface area (Å²) in [4.78, 5) is 27.1. The lowest BCUT2D eigenvalue weighted by Crippen LogP contribution is -2.35. The standard InChI is InChI=1S/C24H19N3O2/c25-15-17-5-11-22(12-6-17)26-23(28)19-7-9-20(10-8-19)24(29)27-14-13-18-3-1-2-4-21(18)16-27/h1-12H,13-14,16H2,(H,26,28). The summed E-state index contributed by atoms with van der Waals surface area (Å²) >= 11 is 0. The number of benzene rings is 3. The van der Waals surface area contributed by atoms with Gasteiger partial charge in [-0.25, -0.2) is 0 Å². The molecule has 142 valence electrons. The fourth-order valence-corrected chi connectivity index (χ4v) is 3.45. The highest BCUT2D eigenvalue weighted by Crippen LogP contribution is 2.20. The van der Waals surface area contributed by atoms with E-state index in [9.17, 15) is 9.59 Å². The molecule has 0 atom stereocenters. The lowest BCUT2D eigenvalue weighted by Gasteiger charge is -2.29. The van der Waals surface area contributed by atoms with Crippen LogP contribution in [0.4, 0.5) is 5.69 Å². The largest absolute Gasteiger partial charge is 0.334 e. The lowest BCUT2D eigenvalue weighted by atomic mass is 9.99. The van der Waals surface area contributed by atoms with E-state index in [0.29, 0.717) is 35.5 Å². The van der Waals surface area contributed by atoms with Crippen molar-refractivity contribution in [3.63, 3.8) is 0 Å². The van der Waals surface area contributed by atoms with Crippen LogP contribution in [-0.4, -0.2) is 23.3 Å². The summed E-state index contributed by atoms with van der Waals surface area (Å²) in [6.45, 7) is 1.30. The molecule has 2 amide bonds. The van der Waals surface area contributed by atoms with Crippen molar-refractivity contribution >= 4 is 17.5 Å². The molecule has 0 bridgehead atoms. The van der Waals surface area contributed by atoms with Crippen LogP contribution in [0.25, 0.3) is 0 Å². The van der Waals surface area contributed by atoms with E-state index in [-0.39, 0.29) is 11.8 Å². The van der Waals surface area contributed by atoms with Crippen molar-refractivity contribution in [3.8, 4) is 6.07 Å². The van der Waals surface area contributed by atoms with Gasteiger partial charge in [-0.1, -0.05) is 24.3 Å². The highest BCUT2D eigenvalue weighted by Gasteiger charge is 2.21. The van der Waals surface area contributed by atoms with Gasteiger partial charge in [-0.2, -0.15) is 5.26 Å². The number of hydrogen-bond acceptors (Lipinski definition) is 3. The molecule has 0 unspecified atom stereocenters. The quantitative estimate of drug-likeness (QED) is 0.745. The summed E-state index contributed by atoms with van der Waals surface area (Å²) in [5.74, 6) is -0.292. The first-order valence-electron chi connectivity index (χ1n) is 9.42. The number of nitrogens with zero attached hydrogens (tertiary/aromatic N) is 2. The van der Waals surface area contributed by atoms with Crippen molar-refractivity contribution in [1.82, 2.24) is 4.90 Å². The zero-order valence-electron chi connectivity index (χ0n) is 15.8. The molecular weight excluding hydrogens is 362 g/mol. The van der Waals surface area contributed by atoms with Gasteiger partial charge in [-0.05, 0) is 66.1 Å². The van der Waals surface area contributed by atoms with Crippen molar-refractivity contribution in [2.75, 3.05) is 11.9 Å². The van der Waals surface area contributed by atoms with Gasteiger partial charge < -0.3 is 10.2 Å². The third kappa shape index (κ3) is 4.02. The Morgan fingerprint density at radius 2 is 1.52 bits per heavy atom. The Bertz CT molecular complexity index is 1100. The molecule has 1 aliphatic rings. The first-order valence-corrected chi connectivity index (χ1v) is 9.42. The number of nitrogens with one attached hydrogen (secondary N) is 1. The van der Waals surface area contributed by atoms with Gasteiger partial charge in [0, 0.05) is 29.9 Å². The number of nitriles is 1. The molecule has 3 aromatic rings. The molecule has 1 heterocycles. The van der Waals surface area contributed by atoms with Gasteiger partial charge in [0.15, 0.2) is 0 Å². The predicted octanol–water partition coefficient (Wildman–Crippen LogP) is 4.01. The number of hydrogen-bond donors (Lipinski definition) is 1. The van der Waals surface area contributed by atoms with E-state index < -0.39 is 0 Å². The van der Waals surface area contributed by atoms with Crippen molar-refractivity contribution in [3.05, 3.63) is 101 Å². The summed E-state index contributed by atoms with van der Waals surface area (Å²) in [6, 6.07) is 23.6. The lowest BCUT2D eigenvalue weighted by molar-refractivity contribution is 0.0734. The van der Waals surface area contributed by atoms with Crippen LogP contribution in [0.15, 0.2) is 72.8 Å². The highest BCUT2D eigenvalue weighted by atomic mass is 16.2. The smallest absolute Gasteiger partial charge is 0.255 e. The molecule has 0 aromatic heterocycles. The molecule has 5 heteroatoms. The van der Waals surface area contributed by atoms with E-state index in [1.807, 2.05) is 23.1 Å². The minimum atomic E-state index is -0.263. The number of fused-ring (bicyclic) bond motifs is 1. The first-order chi connectivity index (χ1) is 14.1. The van der Waals surface area contributed by atoms with Crippen LogP contribution in [0.2, 0.25) is 0 Å². The Morgan fingerprint density at radius 3 is 2.21 bits per heavy atom. The molecule has 4 rings (SSSR count). The van der Waals surface area contributed by atoms with Gasteiger partial charge in [-0.3, -0.25) is 9.59 Å². The third-order valence-corrected chi connectivity index (χ3v) is 5.08. The van der Waals surface area contributed by atoms with E-state index in [0.717, 1.165) is 6.42 Å². The molecule has 0 fully saturated rings. The Balaban J connectivity index is 1.42. The maximum atomic E-state index is 12.8. The van der Waals surface area contributed by atoms with Gasteiger partial charge in [0.05, 0.1) is 11.6 Å². The summed E-state index contributed by atoms with van der Waals surface area (Å²) in [5.41, 5.74) is 4.67. The van der Waals surface area contributed by atoms with Crippen LogP contribution in [-0.2, 0) is 13.0 Å². The Kier molecular flexibility index (Phi) is 5.08. The van der Waals surface area contributed by atoms with Crippen LogP contribution in [0, 0.1) is 11.3 Å². The fraction of sp³-hybridized carbons (Fsp3) is 0.125. The van der Waals surface area contributed by atoms with E-state index in [2.05, 4.69) is 17.4 Å². The molecule has 0 aliphatic carbocycles. The molecule has 29 heavy (non-hydrogen) atoms. The van der Waals surface area contributed by atoms with Crippen molar-refractivity contribution in [1.29, 1.82) is 5.26 Å². The number of carbonyl (C=O) groups is 2. The molecule has 0 spiro atoms. The number of rotatable bonds is 3. The fourth-order valence-electron chi connectivity index (χ4n) is 3.45. The molecule has 0 saturated heterocycles. The number of amides is 2. The van der Waals surface area contributed by atoms with Gasteiger partial charge in [0.2, 0.25) is 0 Å². The maximum Gasteiger partial charge on any atom is 0.255 e.